The molecule has 1 aliphatic rings. The minimum absolute atomic E-state index is 0.254. The Bertz CT molecular complexity index is 375. The first-order chi connectivity index (χ1) is 7.05. The van der Waals surface area contributed by atoms with E-state index in [1.165, 1.54) is 0 Å². The molecule has 82 valence electrons. The predicted molar refractivity (Wildman–Crippen MR) is 61.8 cm³/mol. The summed E-state index contributed by atoms with van der Waals surface area (Å²) in [7, 11) is 1.63. The largest absolute Gasteiger partial charge is 0.496 e. The second kappa shape index (κ2) is 3.77. The summed E-state index contributed by atoms with van der Waals surface area (Å²) in [5.74, 6) is 0.794. The smallest absolute Gasteiger partial charge is 0.133 e. The molecule has 0 amide bonds. The normalized spacial score (nSPS) is 29.7. The van der Waals surface area contributed by atoms with E-state index in [-0.39, 0.29) is 11.6 Å². The third-order valence-electron chi connectivity index (χ3n) is 2.93. The molecule has 0 aromatic heterocycles. The van der Waals surface area contributed by atoms with Gasteiger partial charge in [0.05, 0.1) is 17.7 Å². The van der Waals surface area contributed by atoms with Crippen LogP contribution in [0.2, 0.25) is 0 Å². The number of hydrogen-bond donors (Lipinski definition) is 2. The molecule has 1 aliphatic carbocycles. The van der Waals surface area contributed by atoms with Crippen molar-refractivity contribution in [3.63, 3.8) is 0 Å². The van der Waals surface area contributed by atoms with E-state index in [1.807, 2.05) is 18.2 Å². The topological polar surface area (TPSA) is 55.5 Å². The van der Waals surface area contributed by atoms with Gasteiger partial charge in [-0.05, 0) is 46.5 Å². The van der Waals surface area contributed by atoms with E-state index in [0.717, 1.165) is 15.8 Å². The SMILES string of the molecule is COc1ccc(C2(N)CC(O)C2)cc1Br. The number of hydrogen-bond acceptors (Lipinski definition) is 3. The number of ether oxygens (including phenoxy) is 1. The summed E-state index contributed by atoms with van der Waals surface area (Å²) < 4.78 is 6.05. The average molecular weight is 272 g/mol. The Labute approximate surface area is 97.4 Å². The first-order valence-electron chi connectivity index (χ1n) is 4.86. The Morgan fingerprint density at radius 1 is 1.53 bits per heavy atom. The van der Waals surface area contributed by atoms with Gasteiger partial charge in [-0.1, -0.05) is 6.07 Å². The highest BCUT2D eigenvalue weighted by atomic mass is 79.9. The van der Waals surface area contributed by atoms with Crippen molar-refractivity contribution in [1.29, 1.82) is 0 Å². The van der Waals surface area contributed by atoms with Crippen LogP contribution in [-0.4, -0.2) is 18.3 Å². The summed E-state index contributed by atoms with van der Waals surface area (Å²) in [4.78, 5) is 0. The Hall–Kier alpha value is -0.580. The molecule has 1 fully saturated rings. The molecular weight excluding hydrogens is 258 g/mol. The van der Waals surface area contributed by atoms with E-state index in [2.05, 4.69) is 15.9 Å². The fourth-order valence-corrected chi connectivity index (χ4v) is 2.53. The van der Waals surface area contributed by atoms with Crippen LogP contribution in [0.5, 0.6) is 5.75 Å². The van der Waals surface area contributed by atoms with Crippen LogP contribution in [0, 0.1) is 0 Å². The summed E-state index contributed by atoms with van der Waals surface area (Å²) in [5.41, 5.74) is 6.83. The lowest BCUT2D eigenvalue weighted by Gasteiger charge is -2.42. The Morgan fingerprint density at radius 3 is 2.67 bits per heavy atom. The van der Waals surface area contributed by atoms with Crippen molar-refractivity contribution in [2.45, 2.75) is 24.5 Å². The van der Waals surface area contributed by atoms with Crippen LogP contribution in [0.3, 0.4) is 0 Å². The maximum absolute atomic E-state index is 9.30. The number of aliphatic hydroxyl groups is 1. The number of rotatable bonds is 2. The molecule has 3 N–H and O–H groups in total. The summed E-state index contributed by atoms with van der Waals surface area (Å²) in [5, 5.41) is 9.30. The monoisotopic (exact) mass is 271 g/mol. The van der Waals surface area contributed by atoms with Crippen LogP contribution in [0.15, 0.2) is 22.7 Å². The molecular formula is C11H14BrNO2. The molecule has 1 aromatic carbocycles. The quantitative estimate of drug-likeness (QED) is 0.862. The third-order valence-corrected chi connectivity index (χ3v) is 3.55. The van der Waals surface area contributed by atoms with Crippen molar-refractivity contribution in [2.24, 2.45) is 5.73 Å². The molecule has 0 saturated heterocycles. The Morgan fingerprint density at radius 2 is 2.20 bits per heavy atom. The van der Waals surface area contributed by atoms with Gasteiger partial charge in [0.1, 0.15) is 5.75 Å². The van der Waals surface area contributed by atoms with E-state index in [1.54, 1.807) is 7.11 Å². The Kier molecular flexibility index (Phi) is 2.75. The lowest BCUT2D eigenvalue weighted by Crippen LogP contribution is -2.51. The molecule has 0 atom stereocenters. The fraction of sp³-hybridized carbons (Fsp3) is 0.455. The predicted octanol–water partition coefficient (Wildman–Crippen LogP) is 1.77. The van der Waals surface area contributed by atoms with Crippen LogP contribution < -0.4 is 10.5 Å². The summed E-state index contributed by atoms with van der Waals surface area (Å²) >= 11 is 3.43. The van der Waals surface area contributed by atoms with Crippen LogP contribution >= 0.6 is 15.9 Å². The molecule has 1 aromatic rings. The molecule has 3 nitrogen and oxygen atoms in total. The highest BCUT2D eigenvalue weighted by Crippen LogP contribution is 2.41. The molecule has 15 heavy (non-hydrogen) atoms. The minimum atomic E-state index is -0.367. The molecule has 0 heterocycles. The zero-order valence-electron chi connectivity index (χ0n) is 8.53. The highest BCUT2D eigenvalue weighted by Gasteiger charge is 2.41. The number of benzene rings is 1. The van der Waals surface area contributed by atoms with E-state index >= 15 is 0 Å². The van der Waals surface area contributed by atoms with Gasteiger partial charge in [-0.25, -0.2) is 0 Å². The molecule has 0 unspecified atom stereocenters. The standard InChI is InChI=1S/C11H14BrNO2/c1-15-10-3-2-7(4-9(10)12)11(13)5-8(14)6-11/h2-4,8,14H,5-6,13H2,1H3. The zero-order chi connectivity index (χ0) is 11.1. The summed E-state index contributed by atoms with van der Waals surface area (Å²) in [6.45, 7) is 0. The van der Waals surface area contributed by atoms with Crippen molar-refractivity contribution in [1.82, 2.24) is 0 Å². The van der Waals surface area contributed by atoms with Crippen molar-refractivity contribution < 1.29 is 9.84 Å². The molecule has 2 rings (SSSR count). The van der Waals surface area contributed by atoms with E-state index in [9.17, 15) is 5.11 Å². The van der Waals surface area contributed by atoms with E-state index in [4.69, 9.17) is 10.5 Å². The number of nitrogens with two attached hydrogens (primary N) is 1. The van der Waals surface area contributed by atoms with Crippen molar-refractivity contribution in [3.8, 4) is 5.75 Å². The maximum atomic E-state index is 9.30. The average Bonchev–Trinajstić information content (AvgIpc) is 2.15. The highest BCUT2D eigenvalue weighted by molar-refractivity contribution is 9.10. The van der Waals surface area contributed by atoms with Gasteiger partial charge in [0.25, 0.3) is 0 Å². The fourth-order valence-electron chi connectivity index (χ4n) is 1.99. The van der Waals surface area contributed by atoms with E-state index < -0.39 is 0 Å². The van der Waals surface area contributed by atoms with Crippen LogP contribution in [0.25, 0.3) is 0 Å². The van der Waals surface area contributed by atoms with Gasteiger partial charge in [-0.15, -0.1) is 0 Å². The summed E-state index contributed by atoms with van der Waals surface area (Å²) in [6, 6.07) is 5.80. The maximum Gasteiger partial charge on any atom is 0.133 e. The van der Waals surface area contributed by atoms with Gasteiger partial charge in [-0.2, -0.15) is 0 Å². The van der Waals surface area contributed by atoms with Gasteiger partial charge < -0.3 is 15.6 Å². The van der Waals surface area contributed by atoms with Crippen LogP contribution in [0.4, 0.5) is 0 Å². The van der Waals surface area contributed by atoms with Gasteiger partial charge >= 0.3 is 0 Å². The van der Waals surface area contributed by atoms with Crippen molar-refractivity contribution >= 4 is 15.9 Å². The minimum Gasteiger partial charge on any atom is -0.496 e. The molecule has 0 radical (unpaired) electrons. The number of halogens is 1. The Balaban J connectivity index is 2.27. The second-order valence-electron chi connectivity index (χ2n) is 4.07. The second-order valence-corrected chi connectivity index (χ2v) is 4.92. The summed E-state index contributed by atoms with van der Waals surface area (Å²) in [6.07, 6.45) is 1.01. The van der Waals surface area contributed by atoms with Gasteiger partial charge in [-0.3, -0.25) is 0 Å². The molecule has 0 spiro atoms. The molecule has 1 saturated carbocycles. The lowest BCUT2D eigenvalue weighted by molar-refractivity contribution is 0.0209. The molecule has 0 bridgehead atoms. The van der Waals surface area contributed by atoms with Crippen molar-refractivity contribution in [3.05, 3.63) is 28.2 Å². The van der Waals surface area contributed by atoms with Crippen LogP contribution in [-0.2, 0) is 5.54 Å². The van der Waals surface area contributed by atoms with E-state index in [0.29, 0.717) is 12.8 Å². The van der Waals surface area contributed by atoms with Crippen molar-refractivity contribution in [2.75, 3.05) is 7.11 Å². The molecule has 4 heteroatoms. The third kappa shape index (κ3) is 1.89. The lowest BCUT2D eigenvalue weighted by atomic mass is 9.71. The first-order valence-corrected chi connectivity index (χ1v) is 5.65. The van der Waals surface area contributed by atoms with Gasteiger partial charge in [0.15, 0.2) is 0 Å². The number of aliphatic hydroxyl groups excluding tert-OH is 1. The van der Waals surface area contributed by atoms with Crippen LogP contribution in [0.1, 0.15) is 18.4 Å². The zero-order valence-corrected chi connectivity index (χ0v) is 10.1. The van der Waals surface area contributed by atoms with Gasteiger partial charge in [0.2, 0.25) is 0 Å². The number of methoxy groups -OCH3 is 1. The van der Waals surface area contributed by atoms with Gasteiger partial charge in [0, 0.05) is 5.54 Å². The first kappa shape index (κ1) is 10.9. The molecule has 0 aliphatic heterocycles.